The third-order valence-electron chi connectivity index (χ3n) is 3.01. The normalized spacial score (nSPS) is 23.6. The summed E-state index contributed by atoms with van der Waals surface area (Å²) in [6.07, 6.45) is 3.56. The molecular formula is C12H18ClN3O. The van der Waals surface area contributed by atoms with Crippen LogP contribution in [-0.4, -0.2) is 41.7 Å². The molecule has 1 saturated heterocycles. The number of ether oxygens (including phenoxy) is 1. The summed E-state index contributed by atoms with van der Waals surface area (Å²) in [6.45, 7) is 5.31. The zero-order valence-corrected chi connectivity index (χ0v) is 10.7. The fourth-order valence-electron chi connectivity index (χ4n) is 1.97. The molecule has 1 aromatic rings. The Hall–Kier alpha value is -0.680. The molecule has 94 valence electrons. The van der Waals surface area contributed by atoms with Crippen LogP contribution < -0.4 is 5.73 Å². The average Bonchev–Trinajstić information content (AvgIpc) is 2.32. The van der Waals surface area contributed by atoms with Crippen LogP contribution in [0.1, 0.15) is 12.5 Å². The van der Waals surface area contributed by atoms with Gasteiger partial charge in [0, 0.05) is 38.1 Å². The summed E-state index contributed by atoms with van der Waals surface area (Å²) in [5.41, 5.74) is 6.97. The molecule has 0 aromatic carbocycles. The monoisotopic (exact) mass is 255 g/mol. The van der Waals surface area contributed by atoms with Crippen LogP contribution in [0.5, 0.6) is 0 Å². The second-order valence-electron chi connectivity index (χ2n) is 4.47. The molecule has 5 heteroatoms. The maximum atomic E-state index is 6.10. The molecule has 0 aliphatic carbocycles. The second-order valence-corrected chi connectivity index (χ2v) is 4.88. The van der Waals surface area contributed by atoms with Gasteiger partial charge in [0.2, 0.25) is 0 Å². The van der Waals surface area contributed by atoms with Gasteiger partial charge < -0.3 is 10.5 Å². The molecule has 1 aliphatic heterocycles. The summed E-state index contributed by atoms with van der Waals surface area (Å²) in [5, 5.41) is 0.719. The molecule has 1 fully saturated rings. The Morgan fingerprint density at radius 2 is 2.53 bits per heavy atom. The summed E-state index contributed by atoms with van der Waals surface area (Å²) >= 11 is 6.10. The Morgan fingerprint density at radius 1 is 1.71 bits per heavy atom. The van der Waals surface area contributed by atoms with E-state index in [1.54, 1.807) is 12.4 Å². The van der Waals surface area contributed by atoms with Gasteiger partial charge in [-0.3, -0.25) is 9.88 Å². The minimum Gasteiger partial charge on any atom is -0.374 e. The lowest BCUT2D eigenvalue weighted by Crippen LogP contribution is -2.49. The van der Waals surface area contributed by atoms with E-state index in [0.29, 0.717) is 0 Å². The molecule has 17 heavy (non-hydrogen) atoms. The van der Waals surface area contributed by atoms with E-state index >= 15 is 0 Å². The number of nitrogens with zero attached hydrogens (tertiary/aromatic N) is 2. The molecule has 2 atom stereocenters. The van der Waals surface area contributed by atoms with E-state index in [1.165, 1.54) is 0 Å². The Kier molecular flexibility index (Phi) is 4.34. The van der Waals surface area contributed by atoms with Crippen LogP contribution in [0.3, 0.4) is 0 Å². The molecule has 2 N–H and O–H groups in total. The number of pyridine rings is 1. The number of hydrogen-bond acceptors (Lipinski definition) is 4. The van der Waals surface area contributed by atoms with Gasteiger partial charge in [0.15, 0.2) is 0 Å². The van der Waals surface area contributed by atoms with Crippen molar-refractivity contribution in [2.45, 2.75) is 25.6 Å². The Bertz CT molecular complexity index is 373. The topological polar surface area (TPSA) is 51.4 Å². The van der Waals surface area contributed by atoms with Gasteiger partial charge in [0.1, 0.15) is 0 Å². The zero-order valence-electron chi connectivity index (χ0n) is 9.97. The van der Waals surface area contributed by atoms with E-state index in [0.717, 1.165) is 36.8 Å². The first kappa shape index (κ1) is 12.8. The van der Waals surface area contributed by atoms with Crippen LogP contribution in [0.2, 0.25) is 5.02 Å². The van der Waals surface area contributed by atoms with Crippen LogP contribution in [-0.2, 0) is 11.3 Å². The van der Waals surface area contributed by atoms with E-state index in [1.807, 2.05) is 13.0 Å². The molecule has 1 aliphatic rings. The number of halogens is 1. The predicted octanol–water partition coefficient (Wildman–Crippen LogP) is 1.28. The lowest BCUT2D eigenvalue weighted by Gasteiger charge is -2.34. The molecule has 4 nitrogen and oxygen atoms in total. The summed E-state index contributed by atoms with van der Waals surface area (Å²) in [4.78, 5) is 6.30. The van der Waals surface area contributed by atoms with Gasteiger partial charge in [-0.05, 0) is 18.6 Å². The molecule has 2 rings (SSSR count). The minimum atomic E-state index is 0.0608. The van der Waals surface area contributed by atoms with E-state index in [9.17, 15) is 0 Å². The van der Waals surface area contributed by atoms with Gasteiger partial charge in [-0.15, -0.1) is 0 Å². The van der Waals surface area contributed by atoms with E-state index < -0.39 is 0 Å². The molecule has 0 saturated carbocycles. The van der Waals surface area contributed by atoms with E-state index in [2.05, 4.69) is 9.88 Å². The molecule has 0 amide bonds. The van der Waals surface area contributed by atoms with Crippen LogP contribution in [0.25, 0.3) is 0 Å². The molecular weight excluding hydrogens is 238 g/mol. The summed E-state index contributed by atoms with van der Waals surface area (Å²) in [5.74, 6) is 0. The lowest BCUT2D eigenvalue weighted by molar-refractivity contribution is -0.0403. The third-order valence-corrected chi connectivity index (χ3v) is 3.35. The van der Waals surface area contributed by atoms with Crippen LogP contribution >= 0.6 is 11.6 Å². The predicted molar refractivity (Wildman–Crippen MR) is 67.9 cm³/mol. The van der Waals surface area contributed by atoms with E-state index in [-0.39, 0.29) is 12.1 Å². The first-order valence-corrected chi connectivity index (χ1v) is 6.22. The smallest absolute Gasteiger partial charge is 0.0850 e. The molecule has 2 heterocycles. The third kappa shape index (κ3) is 3.39. The SMILES string of the molecule is CC(N)C1CN(Cc2ccncc2Cl)CCO1. The number of nitrogens with two attached hydrogens (primary N) is 1. The van der Waals surface area contributed by atoms with Gasteiger partial charge >= 0.3 is 0 Å². The van der Waals surface area contributed by atoms with Crippen molar-refractivity contribution in [2.75, 3.05) is 19.7 Å². The Labute approximate surface area is 107 Å². The Balaban J connectivity index is 1.97. The summed E-state index contributed by atoms with van der Waals surface area (Å²) in [7, 11) is 0. The van der Waals surface area contributed by atoms with Crippen LogP contribution in [0.4, 0.5) is 0 Å². The average molecular weight is 256 g/mol. The van der Waals surface area contributed by atoms with Crippen LogP contribution in [0.15, 0.2) is 18.5 Å². The Morgan fingerprint density at radius 3 is 3.24 bits per heavy atom. The highest BCUT2D eigenvalue weighted by molar-refractivity contribution is 6.31. The fraction of sp³-hybridized carbons (Fsp3) is 0.583. The lowest BCUT2D eigenvalue weighted by atomic mass is 10.1. The highest BCUT2D eigenvalue weighted by Gasteiger charge is 2.23. The molecule has 0 spiro atoms. The second kappa shape index (κ2) is 5.78. The summed E-state index contributed by atoms with van der Waals surface area (Å²) in [6, 6.07) is 2.02. The van der Waals surface area contributed by atoms with Crippen molar-refractivity contribution in [3.05, 3.63) is 29.0 Å². The van der Waals surface area contributed by atoms with Crippen molar-refractivity contribution in [3.63, 3.8) is 0 Å². The highest BCUT2D eigenvalue weighted by Crippen LogP contribution is 2.17. The first-order valence-electron chi connectivity index (χ1n) is 5.84. The van der Waals surface area contributed by atoms with Gasteiger partial charge in [0.05, 0.1) is 17.7 Å². The first-order chi connectivity index (χ1) is 8.16. The standard InChI is InChI=1S/C12H18ClN3O/c1-9(14)12-8-16(4-5-17-12)7-10-2-3-15-6-11(10)13/h2-3,6,9,12H,4-5,7-8,14H2,1H3. The highest BCUT2D eigenvalue weighted by atomic mass is 35.5. The largest absolute Gasteiger partial charge is 0.374 e. The number of rotatable bonds is 3. The van der Waals surface area contributed by atoms with E-state index in [4.69, 9.17) is 22.1 Å². The molecule has 1 aromatic heterocycles. The number of morpholine rings is 1. The van der Waals surface area contributed by atoms with Gasteiger partial charge in [-0.1, -0.05) is 11.6 Å². The fourth-order valence-corrected chi connectivity index (χ4v) is 2.15. The maximum absolute atomic E-state index is 6.10. The van der Waals surface area contributed by atoms with Crippen LogP contribution in [0, 0.1) is 0 Å². The number of aromatic nitrogens is 1. The number of hydrogen-bond donors (Lipinski definition) is 1. The maximum Gasteiger partial charge on any atom is 0.0850 e. The van der Waals surface area contributed by atoms with Crippen molar-refractivity contribution in [1.29, 1.82) is 0 Å². The van der Waals surface area contributed by atoms with Gasteiger partial charge in [0.25, 0.3) is 0 Å². The molecule has 2 unspecified atom stereocenters. The van der Waals surface area contributed by atoms with Crippen molar-refractivity contribution >= 4 is 11.6 Å². The van der Waals surface area contributed by atoms with Crippen molar-refractivity contribution in [1.82, 2.24) is 9.88 Å². The van der Waals surface area contributed by atoms with Gasteiger partial charge in [-0.2, -0.15) is 0 Å². The van der Waals surface area contributed by atoms with Gasteiger partial charge in [-0.25, -0.2) is 0 Å². The van der Waals surface area contributed by atoms with Crippen molar-refractivity contribution in [2.24, 2.45) is 5.73 Å². The van der Waals surface area contributed by atoms with Crippen molar-refractivity contribution < 1.29 is 4.74 Å². The minimum absolute atomic E-state index is 0.0608. The van der Waals surface area contributed by atoms with Crippen molar-refractivity contribution in [3.8, 4) is 0 Å². The molecule has 0 radical (unpaired) electrons. The summed E-state index contributed by atoms with van der Waals surface area (Å²) < 4.78 is 5.63. The molecule has 0 bridgehead atoms. The quantitative estimate of drug-likeness (QED) is 0.884. The zero-order chi connectivity index (χ0) is 12.3.